The van der Waals surface area contributed by atoms with Crippen molar-refractivity contribution >= 4 is 17.8 Å². The van der Waals surface area contributed by atoms with Crippen molar-refractivity contribution in [1.82, 2.24) is 9.80 Å². The summed E-state index contributed by atoms with van der Waals surface area (Å²) in [5.41, 5.74) is 0. The second-order valence-corrected chi connectivity index (χ2v) is 5.27. The van der Waals surface area contributed by atoms with Gasteiger partial charge in [0.05, 0.1) is 13.1 Å². The van der Waals surface area contributed by atoms with Gasteiger partial charge in [0.25, 0.3) is 0 Å². The van der Waals surface area contributed by atoms with Crippen molar-refractivity contribution in [3.8, 4) is 11.8 Å². The van der Waals surface area contributed by atoms with Crippen LogP contribution in [0.4, 0.5) is 0 Å². The number of rotatable bonds is 4. The highest BCUT2D eigenvalue weighted by molar-refractivity contribution is 5.89. The number of likely N-dealkylation sites (tertiary alicyclic amines) is 2. The van der Waals surface area contributed by atoms with Gasteiger partial charge in [0.15, 0.2) is 0 Å². The number of carboxylic acid groups (broad SMARTS) is 2. The minimum Gasteiger partial charge on any atom is -0.478 e. The van der Waals surface area contributed by atoms with Gasteiger partial charge in [-0.2, -0.15) is 0 Å². The molecule has 126 valence electrons. The van der Waals surface area contributed by atoms with Gasteiger partial charge >= 0.3 is 11.9 Å². The van der Waals surface area contributed by atoms with Crippen LogP contribution in [0.1, 0.15) is 25.7 Å². The van der Waals surface area contributed by atoms with Crippen LogP contribution in [0.3, 0.4) is 0 Å². The minimum absolute atomic E-state index is 0.269. The number of hydrogen-bond acceptors (Lipinski definition) is 4. The summed E-state index contributed by atoms with van der Waals surface area (Å²) in [7, 11) is 0. The van der Waals surface area contributed by atoms with E-state index in [0.29, 0.717) is 25.1 Å². The van der Waals surface area contributed by atoms with Crippen molar-refractivity contribution in [2.75, 3.05) is 32.7 Å². The number of carbonyl (C=O) groups is 3. The first kappa shape index (κ1) is 18.7. The summed E-state index contributed by atoms with van der Waals surface area (Å²) >= 11 is 0. The molecule has 0 aromatic rings. The summed E-state index contributed by atoms with van der Waals surface area (Å²) in [6.07, 6.45) is 5.46. The fraction of sp³-hybridized carbons (Fsp3) is 0.562. The molecule has 1 amide bonds. The van der Waals surface area contributed by atoms with Crippen LogP contribution in [0, 0.1) is 11.8 Å². The Bertz CT molecular complexity index is 496. The molecule has 23 heavy (non-hydrogen) atoms. The summed E-state index contributed by atoms with van der Waals surface area (Å²) in [6.45, 7) is 4.79. The molecule has 0 aromatic heterocycles. The summed E-state index contributed by atoms with van der Waals surface area (Å²) in [6, 6.07) is 0. The Morgan fingerprint density at radius 1 is 0.957 bits per heavy atom. The third-order valence-electron chi connectivity index (χ3n) is 3.44. The van der Waals surface area contributed by atoms with E-state index >= 15 is 0 Å². The first-order valence-electron chi connectivity index (χ1n) is 7.59. The van der Waals surface area contributed by atoms with Crippen LogP contribution in [0.5, 0.6) is 0 Å². The molecule has 0 saturated carbocycles. The van der Waals surface area contributed by atoms with E-state index in [1.807, 2.05) is 4.90 Å². The number of aliphatic carboxylic acids is 2. The molecule has 2 rings (SSSR count). The summed E-state index contributed by atoms with van der Waals surface area (Å²) in [5, 5.41) is 15.6. The molecule has 7 heteroatoms. The molecule has 0 bridgehead atoms. The topological polar surface area (TPSA) is 98.1 Å². The van der Waals surface area contributed by atoms with E-state index < -0.39 is 11.9 Å². The SMILES string of the molecule is O=C(O)/C=C/C(=O)O.O=C1CCCN1CC#CCN1CCCC1. The zero-order valence-corrected chi connectivity index (χ0v) is 13.0. The maximum atomic E-state index is 11.3. The van der Waals surface area contributed by atoms with Gasteiger partial charge in [0.1, 0.15) is 0 Å². The van der Waals surface area contributed by atoms with E-state index in [1.165, 1.54) is 25.9 Å². The third-order valence-corrected chi connectivity index (χ3v) is 3.44. The average Bonchev–Trinajstić information content (AvgIpc) is 3.14. The molecule has 2 aliphatic rings. The maximum Gasteiger partial charge on any atom is 0.328 e. The Morgan fingerprint density at radius 2 is 1.52 bits per heavy atom. The summed E-state index contributed by atoms with van der Waals surface area (Å²) in [4.78, 5) is 34.6. The van der Waals surface area contributed by atoms with Crippen LogP contribution < -0.4 is 0 Å². The normalized spacial score (nSPS) is 17.6. The lowest BCUT2D eigenvalue weighted by Gasteiger charge is -2.11. The van der Waals surface area contributed by atoms with Crippen molar-refractivity contribution in [1.29, 1.82) is 0 Å². The van der Waals surface area contributed by atoms with Gasteiger partial charge in [-0.15, -0.1) is 0 Å². The highest BCUT2D eigenvalue weighted by atomic mass is 16.4. The van der Waals surface area contributed by atoms with Crippen LogP contribution in [0.2, 0.25) is 0 Å². The van der Waals surface area contributed by atoms with Crippen molar-refractivity contribution in [3.63, 3.8) is 0 Å². The van der Waals surface area contributed by atoms with Gasteiger partial charge in [-0.1, -0.05) is 11.8 Å². The standard InChI is InChI=1S/C12H18N2O.C4H4O4/c15-12-6-5-11-14(12)10-4-3-9-13-7-1-2-8-13;5-3(6)1-2-4(7)8/h1-2,5-11H2;1-2H,(H,5,6)(H,7,8)/b;2-1+. The van der Waals surface area contributed by atoms with E-state index in [1.54, 1.807) is 0 Å². The third kappa shape index (κ3) is 8.63. The fourth-order valence-electron chi connectivity index (χ4n) is 2.27. The molecule has 0 unspecified atom stereocenters. The first-order valence-corrected chi connectivity index (χ1v) is 7.59. The van der Waals surface area contributed by atoms with Crippen molar-refractivity contribution in [2.45, 2.75) is 25.7 Å². The van der Waals surface area contributed by atoms with Gasteiger partial charge < -0.3 is 15.1 Å². The number of carboxylic acids is 2. The predicted octanol–water partition coefficient (Wildman–Crippen LogP) is 0.420. The summed E-state index contributed by atoms with van der Waals surface area (Å²) < 4.78 is 0. The molecule has 2 N–H and O–H groups in total. The van der Waals surface area contributed by atoms with E-state index in [9.17, 15) is 14.4 Å². The monoisotopic (exact) mass is 322 g/mol. The lowest BCUT2D eigenvalue weighted by atomic mass is 10.4. The molecular weight excluding hydrogens is 300 g/mol. The Kier molecular flexibility index (Phi) is 8.47. The zero-order valence-electron chi connectivity index (χ0n) is 13.0. The quantitative estimate of drug-likeness (QED) is 0.575. The van der Waals surface area contributed by atoms with Crippen molar-refractivity contribution in [3.05, 3.63) is 12.2 Å². The lowest BCUT2D eigenvalue weighted by molar-refractivity contribution is -0.134. The van der Waals surface area contributed by atoms with Crippen molar-refractivity contribution < 1.29 is 24.6 Å². The van der Waals surface area contributed by atoms with Crippen LogP contribution in [0.25, 0.3) is 0 Å². The molecule has 0 spiro atoms. The lowest BCUT2D eigenvalue weighted by Crippen LogP contribution is -2.25. The highest BCUT2D eigenvalue weighted by Gasteiger charge is 2.18. The molecule has 0 aliphatic carbocycles. The number of carbonyl (C=O) groups excluding carboxylic acids is 1. The van der Waals surface area contributed by atoms with E-state index in [4.69, 9.17) is 10.2 Å². The molecular formula is C16H22N2O5. The van der Waals surface area contributed by atoms with Gasteiger partial charge in [-0.05, 0) is 32.4 Å². The van der Waals surface area contributed by atoms with E-state index in [-0.39, 0.29) is 5.91 Å². The molecule has 2 saturated heterocycles. The Balaban J connectivity index is 0.000000284. The molecule has 2 heterocycles. The largest absolute Gasteiger partial charge is 0.478 e. The fourth-order valence-corrected chi connectivity index (χ4v) is 2.27. The molecule has 2 aliphatic heterocycles. The van der Waals surface area contributed by atoms with Crippen molar-refractivity contribution in [2.24, 2.45) is 0 Å². The second-order valence-electron chi connectivity index (χ2n) is 5.27. The Hall–Kier alpha value is -2.33. The van der Waals surface area contributed by atoms with Gasteiger partial charge in [-0.25, -0.2) is 9.59 Å². The zero-order chi connectivity index (χ0) is 17.1. The van der Waals surface area contributed by atoms with E-state index in [2.05, 4.69) is 16.7 Å². The predicted molar refractivity (Wildman–Crippen MR) is 83.7 cm³/mol. The van der Waals surface area contributed by atoms with Gasteiger partial charge in [0.2, 0.25) is 5.91 Å². The van der Waals surface area contributed by atoms with Crippen LogP contribution in [-0.2, 0) is 14.4 Å². The van der Waals surface area contributed by atoms with Crippen LogP contribution in [0.15, 0.2) is 12.2 Å². The minimum atomic E-state index is -1.26. The van der Waals surface area contributed by atoms with Crippen LogP contribution in [-0.4, -0.2) is 70.6 Å². The second kappa shape index (κ2) is 10.4. The molecule has 0 atom stereocenters. The number of amides is 1. The maximum absolute atomic E-state index is 11.3. The van der Waals surface area contributed by atoms with E-state index in [0.717, 1.165) is 19.5 Å². The molecule has 0 radical (unpaired) electrons. The first-order chi connectivity index (χ1) is 11.0. The molecule has 2 fully saturated rings. The highest BCUT2D eigenvalue weighted by Crippen LogP contribution is 2.08. The Labute approximate surface area is 135 Å². The number of nitrogens with zero attached hydrogens (tertiary/aromatic N) is 2. The van der Waals surface area contributed by atoms with Gasteiger partial charge in [-0.3, -0.25) is 9.69 Å². The number of hydrogen-bond donors (Lipinski definition) is 2. The smallest absolute Gasteiger partial charge is 0.328 e. The van der Waals surface area contributed by atoms with Crippen LogP contribution >= 0.6 is 0 Å². The van der Waals surface area contributed by atoms with Gasteiger partial charge in [0, 0.05) is 25.1 Å². The average molecular weight is 322 g/mol. The Morgan fingerprint density at radius 3 is 2.00 bits per heavy atom. The molecule has 0 aromatic carbocycles. The summed E-state index contributed by atoms with van der Waals surface area (Å²) in [5.74, 6) is 4.01. The molecule has 7 nitrogen and oxygen atoms in total.